The van der Waals surface area contributed by atoms with Crippen LogP contribution in [0, 0.1) is 18.3 Å². The molecule has 2 aliphatic carbocycles. The number of amides is 2. The molecule has 2 aliphatic heterocycles. The lowest BCUT2D eigenvalue weighted by Crippen LogP contribution is -2.46. The average molecular weight is 763 g/mol. The fourth-order valence-corrected chi connectivity index (χ4v) is 10.0. The maximum atomic E-state index is 14.4. The van der Waals surface area contributed by atoms with Crippen molar-refractivity contribution in [3.05, 3.63) is 47.0 Å². The van der Waals surface area contributed by atoms with Gasteiger partial charge in [-0.1, -0.05) is 38.8 Å². The predicted molar refractivity (Wildman–Crippen MR) is 204 cm³/mol. The molecule has 1 N–H and O–H groups in total. The third-order valence-electron chi connectivity index (χ3n) is 11.7. The van der Waals surface area contributed by atoms with E-state index in [1.54, 1.807) is 18.9 Å². The number of ketones is 1. The largest absolute Gasteiger partial charge is 0.496 e. The minimum absolute atomic E-state index is 0.109. The number of carbonyl (C=O) groups is 3. The lowest BCUT2D eigenvalue weighted by atomic mass is 9.91. The van der Waals surface area contributed by atoms with Gasteiger partial charge in [0.25, 0.3) is 0 Å². The number of nitrogens with one attached hydrogen (secondary N) is 1. The molecule has 0 radical (unpaired) electrons. The van der Waals surface area contributed by atoms with E-state index in [-0.39, 0.29) is 42.9 Å². The van der Waals surface area contributed by atoms with Crippen LogP contribution >= 0.6 is 11.3 Å². The van der Waals surface area contributed by atoms with E-state index in [1.165, 1.54) is 11.3 Å². The SMILES string of the molecule is COc1ccc2c(O[C@@H]3C[C@H]4C(=O)C[C@]5(C(=O)NS(=O)(=O)C6(C)CC6)C[C@H]5/C=C\CCCCCCC(=O)N4C3)cc(-c3nc(C(C)C)cs3)nc2c1C. The fraction of sp³-hybridized carbons (Fsp3) is 0.575. The lowest BCUT2D eigenvalue weighted by molar-refractivity contribution is -0.139. The van der Waals surface area contributed by atoms with Gasteiger partial charge in [0.1, 0.15) is 28.3 Å². The highest BCUT2D eigenvalue weighted by atomic mass is 32.2. The molecule has 284 valence electrons. The molecule has 3 fully saturated rings. The molecule has 53 heavy (non-hydrogen) atoms. The number of aryl methyl sites for hydroxylation is 1. The maximum Gasteiger partial charge on any atom is 0.240 e. The van der Waals surface area contributed by atoms with Gasteiger partial charge in [0.05, 0.1) is 41.1 Å². The summed E-state index contributed by atoms with van der Waals surface area (Å²) in [4.78, 5) is 53.6. The Kier molecular flexibility index (Phi) is 10.2. The van der Waals surface area contributed by atoms with Crippen LogP contribution in [-0.2, 0) is 24.4 Å². The highest BCUT2D eigenvalue weighted by molar-refractivity contribution is 7.91. The third-order valence-corrected chi connectivity index (χ3v) is 14.8. The van der Waals surface area contributed by atoms with Gasteiger partial charge in [-0.05, 0) is 76.3 Å². The summed E-state index contributed by atoms with van der Waals surface area (Å²) in [6.45, 7) is 8.01. The van der Waals surface area contributed by atoms with Crippen LogP contribution in [-0.4, -0.2) is 71.4 Å². The molecule has 0 spiro atoms. The van der Waals surface area contributed by atoms with Crippen LogP contribution in [0.5, 0.6) is 11.5 Å². The van der Waals surface area contributed by atoms with Gasteiger partial charge in [0, 0.05) is 41.7 Å². The topological polar surface area (TPSA) is 145 Å². The van der Waals surface area contributed by atoms with Gasteiger partial charge in [-0.3, -0.25) is 19.1 Å². The molecule has 1 aromatic carbocycles. The number of rotatable bonds is 8. The van der Waals surface area contributed by atoms with Gasteiger partial charge in [0.15, 0.2) is 5.78 Å². The van der Waals surface area contributed by atoms with E-state index in [4.69, 9.17) is 19.4 Å². The molecule has 1 saturated heterocycles. The fourth-order valence-electron chi connectivity index (χ4n) is 7.77. The van der Waals surface area contributed by atoms with Crippen LogP contribution in [0.15, 0.2) is 35.7 Å². The van der Waals surface area contributed by atoms with E-state index < -0.39 is 38.2 Å². The van der Waals surface area contributed by atoms with E-state index in [9.17, 15) is 22.8 Å². The smallest absolute Gasteiger partial charge is 0.240 e. The summed E-state index contributed by atoms with van der Waals surface area (Å²) in [5.41, 5.74) is 2.05. The number of allylic oxidation sites excluding steroid dienone is 2. The van der Waals surface area contributed by atoms with Crippen LogP contribution in [0.3, 0.4) is 0 Å². The minimum atomic E-state index is -3.89. The van der Waals surface area contributed by atoms with Gasteiger partial charge in [-0.25, -0.2) is 18.4 Å². The van der Waals surface area contributed by atoms with Gasteiger partial charge < -0.3 is 14.4 Å². The monoisotopic (exact) mass is 762 g/mol. The Morgan fingerprint density at radius 1 is 1.09 bits per heavy atom. The Hall–Kier alpha value is -3.84. The van der Waals surface area contributed by atoms with E-state index in [0.717, 1.165) is 53.8 Å². The molecular weight excluding hydrogens is 713 g/mol. The molecule has 0 bridgehead atoms. The van der Waals surface area contributed by atoms with E-state index in [2.05, 4.69) is 24.6 Å². The van der Waals surface area contributed by atoms with Crippen LogP contribution in [0.25, 0.3) is 21.6 Å². The Bertz CT molecular complexity index is 2070. The van der Waals surface area contributed by atoms with Gasteiger partial charge in [0.2, 0.25) is 21.8 Å². The molecule has 0 unspecified atom stereocenters. The normalized spacial score (nSPS) is 26.7. The number of hydrogen-bond donors (Lipinski definition) is 1. The minimum Gasteiger partial charge on any atom is -0.496 e. The second-order valence-corrected chi connectivity index (χ2v) is 19.0. The number of hydrogen-bond acceptors (Lipinski definition) is 10. The van der Waals surface area contributed by atoms with E-state index in [0.29, 0.717) is 48.4 Å². The van der Waals surface area contributed by atoms with Crippen LogP contribution in [0.1, 0.15) is 109 Å². The van der Waals surface area contributed by atoms with Crippen molar-refractivity contribution in [3.8, 4) is 22.2 Å². The van der Waals surface area contributed by atoms with Crippen molar-refractivity contribution in [2.24, 2.45) is 11.3 Å². The zero-order valence-corrected chi connectivity index (χ0v) is 32.9. The summed E-state index contributed by atoms with van der Waals surface area (Å²) in [5.74, 6) is 0.310. The van der Waals surface area contributed by atoms with Crippen molar-refractivity contribution < 1.29 is 32.3 Å². The van der Waals surface area contributed by atoms with Crippen molar-refractivity contribution >= 4 is 49.9 Å². The standard InChI is InChI=1S/C40H50N4O7S2/c1-24(2)30-23-52-37(42-30)29-19-34(28-14-15-33(50-5)25(3)36(28)41-29)51-27-18-31-32(45)21-40(38(47)43-53(48,49)39(4)16-17-39)20-26(40)12-10-8-6-7-9-11-13-35(46)44(31)22-27/h10,12,14-15,19,23-24,26-27,31H,6-9,11,13,16-18,20-22H2,1-5H3,(H,43,47)/b12-10-/t26-,27-,31+,40-/m1/s1. The zero-order valence-electron chi connectivity index (χ0n) is 31.3. The second kappa shape index (κ2) is 14.4. The van der Waals surface area contributed by atoms with Crippen molar-refractivity contribution in [1.29, 1.82) is 0 Å². The first-order valence-electron chi connectivity index (χ1n) is 18.9. The number of carbonyl (C=O) groups excluding carboxylic acids is 3. The number of thiazole rings is 1. The van der Waals surface area contributed by atoms with Gasteiger partial charge >= 0.3 is 0 Å². The third kappa shape index (κ3) is 7.35. The van der Waals surface area contributed by atoms with Gasteiger partial charge in [-0.15, -0.1) is 11.3 Å². The quantitative estimate of drug-likeness (QED) is 0.239. The first-order chi connectivity index (χ1) is 25.2. The first-order valence-corrected chi connectivity index (χ1v) is 21.3. The molecule has 7 rings (SSSR count). The summed E-state index contributed by atoms with van der Waals surface area (Å²) in [6.07, 6.45) is 9.72. The number of pyridine rings is 1. The highest BCUT2D eigenvalue weighted by Crippen LogP contribution is 2.57. The number of fused-ring (bicyclic) bond motifs is 3. The van der Waals surface area contributed by atoms with E-state index in [1.807, 2.05) is 36.6 Å². The molecule has 2 aromatic heterocycles. The average Bonchev–Trinajstić information content (AvgIpc) is 3.89. The molecule has 11 nitrogen and oxygen atoms in total. The predicted octanol–water partition coefficient (Wildman–Crippen LogP) is 7.02. The molecule has 2 amide bonds. The Morgan fingerprint density at radius 3 is 2.58 bits per heavy atom. The Labute approximate surface area is 316 Å². The second-order valence-electron chi connectivity index (χ2n) is 15.9. The molecule has 4 heterocycles. The Balaban J connectivity index is 1.20. The molecular formula is C40H50N4O7S2. The lowest BCUT2D eigenvalue weighted by Gasteiger charge is -2.25. The van der Waals surface area contributed by atoms with Crippen molar-refractivity contribution in [3.63, 3.8) is 0 Å². The molecule has 4 atom stereocenters. The summed E-state index contributed by atoms with van der Waals surface area (Å²) in [6, 6.07) is 4.88. The van der Waals surface area contributed by atoms with Crippen LogP contribution < -0.4 is 14.2 Å². The van der Waals surface area contributed by atoms with E-state index >= 15 is 0 Å². The maximum absolute atomic E-state index is 14.4. The zero-order chi connectivity index (χ0) is 37.7. The van der Waals surface area contributed by atoms with Crippen LogP contribution in [0.4, 0.5) is 0 Å². The first kappa shape index (κ1) is 37.5. The van der Waals surface area contributed by atoms with Crippen molar-refractivity contribution in [2.45, 2.75) is 121 Å². The molecule has 3 aromatic rings. The number of Topliss-reactive ketones (excluding diaryl/α,β-unsaturated/α-hetero) is 1. The summed E-state index contributed by atoms with van der Waals surface area (Å²) in [7, 11) is -2.26. The number of nitrogens with zero attached hydrogens (tertiary/aromatic N) is 3. The summed E-state index contributed by atoms with van der Waals surface area (Å²) in [5, 5.41) is 3.59. The number of ether oxygens (including phenoxy) is 2. The summed E-state index contributed by atoms with van der Waals surface area (Å²) < 4.78 is 40.1. The summed E-state index contributed by atoms with van der Waals surface area (Å²) >= 11 is 1.52. The molecule has 13 heteroatoms. The number of aromatic nitrogens is 2. The van der Waals surface area contributed by atoms with Crippen molar-refractivity contribution in [1.82, 2.24) is 19.6 Å². The molecule has 2 saturated carbocycles. The Morgan fingerprint density at radius 2 is 1.87 bits per heavy atom. The number of benzene rings is 1. The van der Waals surface area contributed by atoms with Crippen LogP contribution in [0.2, 0.25) is 0 Å². The molecule has 4 aliphatic rings. The van der Waals surface area contributed by atoms with Crippen molar-refractivity contribution in [2.75, 3.05) is 13.7 Å². The number of methoxy groups -OCH3 is 1. The highest BCUT2D eigenvalue weighted by Gasteiger charge is 2.62. The van der Waals surface area contributed by atoms with Gasteiger partial charge in [-0.2, -0.15) is 0 Å². The number of sulfonamides is 1.